The third-order valence-electron chi connectivity index (χ3n) is 14.7. The minimum Gasteiger partial charge on any atom is -0.632 e. The number of aliphatic hydroxyl groups is 2. The van der Waals surface area contributed by atoms with Crippen molar-refractivity contribution in [2.24, 2.45) is 34.5 Å². The number of nitrogens with zero attached hydrogens (tertiary/aromatic N) is 4. The zero-order valence-corrected chi connectivity index (χ0v) is 28.1. The molecule has 1 aromatic carbocycles. The first kappa shape index (κ1) is 31.7. The van der Waals surface area contributed by atoms with E-state index < -0.39 is 16.8 Å². The summed E-state index contributed by atoms with van der Waals surface area (Å²) in [4.78, 5) is 35.4. The molecule has 2 N–H and O–H groups in total. The van der Waals surface area contributed by atoms with Gasteiger partial charge in [0.15, 0.2) is 0 Å². The lowest BCUT2D eigenvalue weighted by Gasteiger charge is -2.64. The number of amides is 2. The van der Waals surface area contributed by atoms with Crippen LogP contribution in [0.1, 0.15) is 88.4 Å². The number of piperazine rings is 1. The van der Waals surface area contributed by atoms with Crippen molar-refractivity contribution in [3.63, 3.8) is 0 Å². The Morgan fingerprint density at radius 2 is 1.72 bits per heavy atom. The monoisotopic (exact) mass is 644 g/mol. The molecule has 0 radical (unpaired) electrons. The Labute approximate surface area is 278 Å². The van der Waals surface area contributed by atoms with Crippen molar-refractivity contribution in [2.75, 3.05) is 32.7 Å². The lowest BCUT2D eigenvalue weighted by molar-refractivity contribution is -0.915. The normalized spacial score (nSPS) is 41.3. The zero-order chi connectivity index (χ0) is 32.7. The molecule has 47 heavy (non-hydrogen) atoms. The molecule has 4 aliphatic carbocycles. The maximum atomic E-state index is 14.6. The van der Waals surface area contributed by atoms with Gasteiger partial charge in [-0.2, -0.15) is 0 Å². The van der Waals surface area contributed by atoms with Gasteiger partial charge < -0.3 is 29.9 Å². The Bertz CT molecular complexity index is 1540. The van der Waals surface area contributed by atoms with Crippen molar-refractivity contribution in [2.45, 2.75) is 102 Å². The minimum absolute atomic E-state index is 0.0205. The van der Waals surface area contributed by atoms with Crippen molar-refractivity contribution in [3.8, 4) is 0 Å². The van der Waals surface area contributed by atoms with E-state index in [1.807, 2.05) is 30.3 Å². The molecule has 6 fully saturated rings. The molecule has 2 amide bonds. The van der Waals surface area contributed by atoms with Crippen LogP contribution >= 0.6 is 0 Å². The summed E-state index contributed by atoms with van der Waals surface area (Å²) in [6, 6.07) is 8.66. The summed E-state index contributed by atoms with van der Waals surface area (Å²) in [6.07, 6.45) is 10.1. The summed E-state index contributed by atoms with van der Waals surface area (Å²) in [5, 5.41) is 37.9. The van der Waals surface area contributed by atoms with E-state index in [-0.39, 0.29) is 47.9 Å². The van der Waals surface area contributed by atoms with Crippen molar-refractivity contribution in [1.29, 1.82) is 0 Å². The topological polar surface area (TPSA) is 117 Å². The van der Waals surface area contributed by atoms with Gasteiger partial charge in [-0.15, -0.1) is 0 Å². The number of aliphatic hydroxyl groups excluding tert-OH is 2. The van der Waals surface area contributed by atoms with Crippen LogP contribution in [0.15, 0.2) is 36.5 Å². The molecule has 254 valence electrons. The van der Waals surface area contributed by atoms with Crippen LogP contribution in [-0.4, -0.2) is 98.5 Å². The first-order chi connectivity index (χ1) is 22.5. The molecular formula is C38H52N4O5. The van der Waals surface area contributed by atoms with Gasteiger partial charge in [-0.25, -0.2) is 0 Å². The second-order valence-corrected chi connectivity index (χ2v) is 16.7. The fourth-order valence-corrected chi connectivity index (χ4v) is 11.9. The molecule has 0 bridgehead atoms. The van der Waals surface area contributed by atoms with Crippen LogP contribution < -0.4 is 0 Å². The molecule has 3 heterocycles. The van der Waals surface area contributed by atoms with Crippen LogP contribution in [0.5, 0.6) is 0 Å². The van der Waals surface area contributed by atoms with Gasteiger partial charge in [-0.3, -0.25) is 14.6 Å². The number of carbonyl (C=O) groups is 2. The molecular weight excluding hydrogens is 592 g/mol. The Kier molecular flexibility index (Phi) is 7.75. The van der Waals surface area contributed by atoms with E-state index in [2.05, 4.69) is 18.8 Å². The summed E-state index contributed by atoms with van der Waals surface area (Å²) in [5.41, 5.74) is 1.37. The Hall–Kier alpha value is -2.59. The largest absolute Gasteiger partial charge is 0.632 e. The van der Waals surface area contributed by atoms with Gasteiger partial charge in [0, 0.05) is 24.5 Å². The Morgan fingerprint density at radius 1 is 0.957 bits per heavy atom. The van der Waals surface area contributed by atoms with Gasteiger partial charge in [-0.05, 0) is 104 Å². The number of para-hydroxylation sites is 1. The van der Waals surface area contributed by atoms with Crippen molar-refractivity contribution >= 4 is 22.7 Å². The average Bonchev–Trinajstić information content (AvgIpc) is 3.68. The van der Waals surface area contributed by atoms with Gasteiger partial charge in [-0.1, -0.05) is 32.0 Å². The lowest BCUT2D eigenvalue weighted by atomic mass is 9.44. The van der Waals surface area contributed by atoms with E-state index in [9.17, 15) is 25.0 Å². The van der Waals surface area contributed by atoms with Gasteiger partial charge in [0.25, 0.3) is 5.91 Å². The number of pyridine rings is 1. The zero-order valence-electron chi connectivity index (χ0n) is 28.1. The SMILES string of the molecule is C[C@]12C[C@H]([N+]3([O-])CCN(C(=O)[C@@H]4CCCN4C(=O)c4cnc5ccccc5c4)CC3)[C@@H](O)CC1CCC1C2CC[C@@]2(C)C1CC[C@@H]2O. The lowest BCUT2D eigenvalue weighted by Crippen LogP contribution is -2.69. The smallest absolute Gasteiger partial charge is 0.256 e. The molecule has 9 heteroatoms. The number of hydrogen-bond acceptors (Lipinski definition) is 6. The van der Waals surface area contributed by atoms with Crippen LogP contribution in [0.2, 0.25) is 0 Å². The van der Waals surface area contributed by atoms with Crippen LogP contribution in [0.3, 0.4) is 0 Å². The van der Waals surface area contributed by atoms with E-state index in [1.165, 1.54) is 6.42 Å². The van der Waals surface area contributed by atoms with Crippen molar-refractivity contribution in [3.05, 3.63) is 47.3 Å². The third kappa shape index (κ3) is 4.97. The maximum absolute atomic E-state index is 14.6. The second-order valence-electron chi connectivity index (χ2n) is 16.7. The molecule has 2 aliphatic heterocycles. The standard InChI is InChI=1S/C38H52N4O5/c1-37-14-13-29-27(28(37)11-12-34(37)44)10-9-26-21-33(43)32(22-38(26,29)2)42(47)18-16-40(17-19-42)36(46)31-8-5-15-41(31)35(45)25-20-24-6-3-4-7-30(24)39-23-25/h3-4,6-7,20,23,26-29,31-34,43-44H,5,8-19,21-22H2,1-2H3/t26?,27?,28?,29?,31-,32-,33-,34-,37-,38-/m0/s1. The number of hydrogen-bond donors (Lipinski definition) is 2. The molecule has 4 saturated carbocycles. The summed E-state index contributed by atoms with van der Waals surface area (Å²) >= 11 is 0. The van der Waals surface area contributed by atoms with Crippen LogP contribution in [-0.2, 0) is 4.79 Å². The summed E-state index contributed by atoms with van der Waals surface area (Å²) in [5.74, 6) is 1.90. The van der Waals surface area contributed by atoms with Crippen LogP contribution in [0.4, 0.5) is 0 Å². The van der Waals surface area contributed by atoms with E-state index in [0.29, 0.717) is 61.7 Å². The van der Waals surface area contributed by atoms with Gasteiger partial charge in [0.2, 0.25) is 5.91 Å². The predicted molar refractivity (Wildman–Crippen MR) is 179 cm³/mol. The predicted octanol–water partition coefficient (Wildman–Crippen LogP) is 4.74. The molecule has 1 aromatic heterocycles. The number of benzene rings is 1. The fourth-order valence-electron chi connectivity index (χ4n) is 11.9. The molecule has 4 unspecified atom stereocenters. The highest BCUT2D eigenvalue weighted by atomic mass is 16.6. The first-order valence-electron chi connectivity index (χ1n) is 18.4. The number of quaternary nitrogens is 1. The minimum atomic E-state index is -0.620. The number of aromatic nitrogens is 1. The van der Waals surface area contributed by atoms with Gasteiger partial charge in [0.05, 0.1) is 43.4 Å². The van der Waals surface area contributed by atoms with E-state index in [0.717, 1.165) is 55.8 Å². The van der Waals surface area contributed by atoms with Crippen molar-refractivity contribution < 1.29 is 24.4 Å². The van der Waals surface area contributed by atoms with Gasteiger partial charge >= 0.3 is 0 Å². The number of hydroxylamine groups is 3. The molecule has 9 nitrogen and oxygen atoms in total. The average molecular weight is 645 g/mol. The molecule has 2 saturated heterocycles. The van der Waals surface area contributed by atoms with Crippen LogP contribution in [0.25, 0.3) is 10.9 Å². The van der Waals surface area contributed by atoms with Gasteiger partial charge in [0.1, 0.15) is 18.2 Å². The quantitative estimate of drug-likeness (QED) is 0.369. The van der Waals surface area contributed by atoms with E-state index >= 15 is 0 Å². The molecule has 8 rings (SSSR count). The number of likely N-dealkylation sites (tertiary alicyclic amines) is 1. The Balaban J connectivity index is 0.944. The highest BCUT2D eigenvalue weighted by molar-refractivity contribution is 6.00. The maximum Gasteiger partial charge on any atom is 0.256 e. The summed E-state index contributed by atoms with van der Waals surface area (Å²) < 4.78 is -0.430. The molecule has 10 atom stereocenters. The molecule has 6 aliphatic rings. The number of fused-ring (bicyclic) bond motifs is 6. The van der Waals surface area contributed by atoms with E-state index in [1.54, 1.807) is 16.0 Å². The van der Waals surface area contributed by atoms with Crippen molar-refractivity contribution in [1.82, 2.24) is 14.8 Å². The summed E-state index contributed by atoms with van der Waals surface area (Å²) in [7, 11) is 0. The van der Waals surface area contributed by atoms with E-state index in [4.69, 9.17) is 0 Å². The highest BCUT2D eigenvalue weighted by Gasteiger charge is 2.62. The van der Waals surface area contributed by atoms with Crippen LogP contribution in [0, 0.1) is 39.7 Å². The summed E-state index contributed by atoms with van der Waals surface area (Å²) in [6.45, 7) is 6.54. The molecule has 0 spiro atoms. The number of rotatable bonds is 3. The second kappa shape index (κ2) is 11.5. The fraction of sp³-hybridized carbons (Fsp3) is 0.711. The first-order valence-corrected chi connectivity index (χ1v) is 18.4. The highest BCUT2D eigenvalue weighted by Crippen LogP contribution is 2.66. The Morgan fingerprint density at radius 3 is 2.53 bits per heavy atom. The number of carbonyl (C=O) groups excluding carboxylic acids is 2. The molecule has 2 aromatic rings. The third-order valence-corrected chi connectivity index (χ3v) is 14.7.